The fourth-order valence-electron chi connectivity index (χ4n) is 10.5. The zero-order chi connectivity index (χ0) is 37.1. The monoisotopic (exact) mass is 769 g/mol. The van der Waals surface area contributed by atoms with Crippen molar-refractivity contribution in [2.45, 2.75) is 38.0 Å². The van der Waals surface area contributed by atoms with Crippen LogP contribution in [-0.4, -0.2) is 0 Å². The van der Waals surface area contributed by atoms with E-state index in [1.54, 1.807) is 0 Å². The summed E-state index contributed by atoms with van der Waals surface area (Å²) in [6.45, 7) is 7.08. The highest BCUT2D eigenvalue weighted by atomic mass is 79.9. The third kappa shape index (κ3) is 4.41. The largest absolute Gasteiger partial charge is 0.310 e. The molecule has 2 atom stereocenters. The molecular weight excluding hydrogens is 730 g/mol. The van der Waals surface area contributed by atoms with E-state index in [9.17, 15) is 0 Å². The van der Waals surface area contributed by atoms with E-state index in [1.165, 1.54) is 89.3 Å². The van der Waals surface area contributed by atoms with Gasteiger partial charge >= 0.3 is 0 Å². The van der Waals surface area contributed by atoms with Crippen molar-refractivity contribution in [1.29, 1.82) is 0 Å². The van der Waals surface area contributed by atoms with Gasteiger partial charge in [-0.05, 0) is 116 Å². The minimum atomic E-state index is -0.439. The molecule has 0 fully saturated rings. The number of rotatable bonds is 4. The third-order valence-corrected chi connectivity index (χ3v) is 13.7. The molecule has 4 aliphatic carbocycles. The highest BCUT2D eigenvalue weighted by molar-refractivity contribution is 9.10. The molecule has 0 saturated carbocycles. The quantitative estimate of drug-likeness (QED) is 0.172. The van der Waals surface area contributed by atoms with Gasteiger partial charge in [0, 0.05) is 32.4 Å². The van der Waals surface area contributed by atoms with Crippen LogP contribution >= 0.6 is 15.9 Å². The minimum absolute atomic E-state index is 0.117. The normalized spacial score (nSPS) is 18.9. The second-order valence-electron chi connectivity index (χ2n) is 16.2. The second kappa shape index (κ2) is 11.9. The molecule has 0 N–H and O–H groups in total. The summed E-state index contributed by atoms with van der Waals surface area (Å²) in [4.78, 5) is 2.53. The van der Waals surface area contributed by atoms with Gasteiger partial charge < -0.3 is 4.90 Å². The third-order valence-electron chi connectivity index (χ3n) is 13.0. The van der Waals surface area contributed by atoms with Gasteiger partial charge in [-0.2, -0.15) is 0 Å². The lowest BCUT2D eigenvalue weighted by Gasteiger charge is -2.32. The van der Waals surface area contributed by atoms with Gasteiger partial charge in [-0.3, -0.25) is 0 Å². The molecule has 1 spiro atoms. The number of hydrogen-bond donors (Lipinski definition) is 0. The predicted molar refractivity (Wildman–Crippen MR) is 234 cm³/mol. The summed E-state index contributed by atoms with van der Waals surface area (Å²) in [5.74, 6) is 0.495. The molecule has 4 aliphatic rings. The second-order valence-corrected chi connectivity index (χ2v) is 17.0. The van der Waals surface area contributed by atoms with Crippen molar-refractivity contribution in [2.75, 3.05) is 4.90 Å². The first-order chi connectivity index (χ1) is 26.9. The van der Waals surface area contributed by atoms with E-state index < -0.39 is 5.41 Å². The topological polar surface area (TPSA) is 3.24 Å². The molecule has 7 aromatic rings. The molecule has 0 amide bonds. The van der Waals surface area contributed by atoms with Crippen LogP contribution in [0.25, 0.3) is 39.0 Å². The van der Waals surface area contributed by atoms with Crippen molar-refractivity contribution in [3.05, 3.63) is 213 Å². The molecule has 55 heavy (non-hydrogen) atoms. The van der Waals surface area contributed by atoms with E-state index in [0.29, 0.717) is 5.92 Å². The Morgan fingerprint density at radius 2 is 1.13 bits per heavy atom. The van der Waals surface area contributed by atoms with Gasteiger partial charge in [0.05, 0.1) is 11.1 Å². The molecule has 1 nitrogen and oxygen atoms in total. The van der Waals surface area contributed by atoms with E-state index >= 15 is 0 Å². The van der Waals surface area contributed by atoms with E-state index in [4.69, 9.17) is 0 Å². The Kier molecular flexibility index (Phi) is 7.08. The molecule has 0 aromatic heterocycles. The summed E-state index contributed by atoms with van der Waals surface area (Å²) in [5, 5.41) is 0. The molecule has 264 valence electrons. The number of hydrogen-bond acceptors (Lipinski definition) is 1. The molecule has 7 aromatic carbocycles. The summed E-state index contributed by atoms with van der Waals surface area (Å²) >= 11 is 3.99. The first-order valence-corrected chi connectivity index (χ1v) is 20.3. The van der Waals surface area contributed by atoms with Gasteiger partial charge in [0.1, 0.15) is 0 Å². The lowest BCUT2D eigenvalue weighted by molar-refractivity contribution is 0.660. The SMILES string of the molecule is CC1CC=CC=C1c1ccc(N(c2ccc3c(c2)C(C)(C)c2ccccc2-3)c2cccc3c2-c2ccccc2C32c3ccccc3-c3c(Br)cccc32)cc1. The Morgan fingerprint density at radius 3 is 1.85 bits per heavy atom. The van der Waals surface area contributed by atoms with Crippen molar-refractivity contribution in [2.24, 2.45) is 5.92 Å². The number of fused-ring (bicyclic) bond motifs is 13. The van der Waals surface area contributed by atoms with Crippen LogP contribution in [0.3, 0.4) is 0 Å². The van der Waals surface area contributed by atoms with Gasteiger partial charge in [0.25, 0.3) is 0 Å². The smallest absolute Gasteiger partial charge is 0.0726 e. The van der Waals surface area contributed by atoms with Gasteiger partial charge in [-0.15, -0.1) is 0 Å². The summed E-state index contributed by atoms with van der Waals surface area (Å²) in [6.07, 6.45) is 7.85. The zero-order valence-electron chi connectivity index (χ0n) is 31.3. The Morgan fingerprint density at radius 1 is 0.545 bits per heavy atom. The van der Waals surface area contributed by atoms with Crippen LogP contribution in [0.15, 0.2) is 174 Å². The zero-order valence-corrected chi connectivity index (χ0v) is 32.9. The van der Waals surface area contributed by atoms with E-state index in [2.05, 4.69) is 211 Å². The lowest BCUT2D eigenvalue weighted by Crippen LogP contribution is -2.26. The fraction of sp³-hybridized carbons (Fsp3) is 0.132. The Bertz CT molecular complexity index is 2800. The van der Waals surface area contributed by atoms with Gasteiger partial charge in [-0.25, -0.2) is 0 Å². The maximum Gasteiger partial charge on any atom is 0.0726 e. The van der Waals surface area contributed by atoms with Crippen LogP contribution in [0.1, 0.15) is 66.1 Å². The highest BCUT2D eigenvalue weighted by Crippen LogP contribution is 2.65. The average molecular weight is 771 g/mol. The summed E-state index contributed by atoms with van der Waals surface area (Å²) in [7, 11) is 0. The molecule has 2 unspecified atom stereocenters. The van der Waals surface area contributed by atoms with Crippen LogP contribution in [0.4, 0.5) is 17.1 Å². The summed E-state index contributed by atoms with van der Waals surface area (Å²) in [6, 6.07) is 57.4. The first kappa shape index (κ1) is 32.7. The maximum atomic E-state index is 3.99. The molecule has 0 heterocycles. The van der Waals surface area contributed by atoms with Crippen LogP contribution in [0.2, 0.25) is 0 Å². The Labute approximate surface area is 332 Å². The molecule has 0 aliphatic heterocycles. The van der Waals surface area contributed by atoms with Gasteiger partial charge in [0.2, 0.25) is 0 Å². The molecule has 0 saturated heterocycles. The number of nitrogens with zero attached hydrogens (tertiary/aromatic N) is 1. The molecular formula is C53H40BrN. The van der Waals surface area contributed by atoms with Crippen LogP contribution in [0, 0.1) is 5.92 Å². The average Bonchev–Trinajstić information content (AvgIpc) is 3.78. The summed E-state index contributed by atoms with van der Waals surface area (Å²) in [5.41, 5.74) is 21.6. The van der Waals surface area contributed by atoms with Crippen molar-refractivity contribution in [1.82, 2.24) is 0 Å². The van der Waals surface area contributed by atoms with E-state index in [1.807, 2.05) is 0 Å². The van der Waals surface area contributed by atoms with E-state index in [-0.39, 0.29) is 5.41 Å². The van der Waals surface area contributed by atoms with Crippen molar-refractivity contribution >= 4 is 38.6 Å². The van der Waals surface area contributed by atoms with Gasteiger partial charge in [0.15, 0.2) is 0 Å². The highest BCUT2D eigenvalue weighted by Gasteiger charge is 2.53. The fourth-order valence-corrected chi connectivity index (χ4v) is 11.1. The predicted octanol–water partition coefficient (Wildman–Crippen LogP) is 14.5. The molecule has 2 heteroatoms. The van der Waals surface area contributed by atoms with Crippen molar-refractivity contribution in [3.63, 3.8) is 0 Å². The Balaban J connectivity index is 1.18. The maximum absolute atomic E-state index is 3.99. The van der Waals surface area contributed by atoms with Crippen molar-refractivity contribution in [3.8, 4) is 33.4 Å². The minimum Gasteiger partial charge on any atom is -0.310 e. The number of allylic oxidation sites excluding steroid dienone is 4. The van der Waals surface area contributed by atoms with Crippen LogP contribution < -0.4 is 4.90 Å². The van der Waals surface area contributed by atoms with Crippen molar-refractivity contribution < 1.29 is 0 Å². The number of anilines is 3. The molecule has 0 bridgehead atoms. The van der Waals surface area contributed by atoms with Crippen LogP contribution in [0.5, 0.6) is 0 Å². The number of halogens is 1. The van der Waals surface area contributed by atoms with Crippen LogP contribution in [-0.2, 0) is 10.8 Å². The van der Waals surface area contributed by atoms with E-state index in [0.717, 1.165) is 16.6 Å². The molecule has 11 rings (SSSR count). The van der Waals surface area contributed by atoms with Gasteiger partial charge in [-0.1, -0.05) is 170 Å². The molecule has 0 radical (unpaired) electrons. The standard InChI is InChI=1S/C53H40BrN/c1-33-14-4-5-15-37(33)34-26-28-35(29-27-34)55(36-30-31-39-38-16-6-9-19-42(38)52(2,3)47(39)32-36)49-25-13-23-46-51(49)41-18-8-11-21-44(41)53(46)43-20-10-7-17-40(43)50-45(53)22-12-24-48(50)54/h4-13,15-33H,14H2,1-3H3. The number of benzene rings is 7. The first-order valence-electron chi connectivity index (χ1n) is 19.5. The Hall–Kier alpha value is -5.70. The summed E-state index contributed by atoms with van der Waals surface area (Å²) < 4.78 is 1.14. The lowest BCUT2D eigenvalue weighted by atomic mass is 9.70.